The molecule has 0 aromatic heterocycles. The highest BCUT2D eigenvalue weighted by molar-refractivity contribution is 5.84. The maximum absolute atomic E-state index is 12.1. The van der Waals surface area contributed by atoms with Gasteiger partial charge in [0.1, 0.15) is 5.75 Å². The lowest BCUT2D eigenvalue weighted by molar-refractivity contribution is -0.127. The molecular formula is C18H21NO3. The number of fused-ring (bicyclic) bond motifs is 1. The third kappa shape index (κ3) is 3.57. The molecule has 0 saturated carbocycles. The summed E-state index contributed by atoms with van der Waals surface area (Å²) in [7, 11) is 0. The molecule has 4 nitrogen and oxygen atoms in total. The molecule has 2 aromatic carbocycles. The van der Waals surface area contributed by atoms with Crippen LogP contribution in [0.3, 0.4) is 0 Å². The van der Waals surface area contributed by atoms with Gasteiger partial charge in [0.25, 0.3) is 5.91 Å². The lowest BCUT2D eigenvalue weighted by Gasteiger charge is -2.17. The summed E-state index contributed by atoms with van der Waals surface area (Å²) in [4.78, 5) is 12.1. The van der Waals surface area contributed by atoms with E-state index >= 15 is 0 Å². The molecule has 3 rings (SSSR count). The van der Waals surface area contributed by atoms with Crippen molar-refractivity contribution < 1.29 is 14.3 Å². The summed E-state index contributed by atoms with van der Waals surface area (Å²) in [6, 6.07) is 13.9. The predicted octanol–water partition coefficient (Wildman–Crippen LogP) is 2.90. The third-order valence-corrected chi connectivity index (χ3v) is 3.93. The zero-order valence-electron chi connectivity index (χ0n) is 12.7. The Morgan fingerprint density at radius 3 is 2.91 bits per heavy atom. The van der Waals surface area contributed by atoms with Crippen molar-refractivity contribution in [2.75, 3.05) is 13.2 Å². The van der Waals surface area contributed by atoms with Crippen molar-refractivity contribution in [3.63, 3.8) is 0 Å². The molecular weight excluding hydrogens is 278 g/mol. The SMILES string of the molecule is CC(Oc1ccc2ccccc2c1)C(=O)NCC1CCCO1. The van der Waals surface area contributed by atoms with Crippen LogP contribution in [-0.4, -0.2) is 31.3 Å². The van der Waals surface area contributed by atoms with Crippen molar-refractivity contribution in [1.29, 1.82) is 0 Å². The molecule has 1 heterocycles. The Balaban J connectivity index is 1.57. The van der Waals surface area contributed by atoms with Crippen LogP contribution in [0.25, 0.3) is 10.8 Å². The van der Waals surface area contributed by atoms with Crippen LogP contribution in [0.2, 0.25) is 0 Å². The number of nitrogens with one attached hydrogen (secondary N) is 1. The standard InChI is InChI=1S/C18H21NO3/c1-13(18(20)19-12-17-7-4-10-21-17)22-16-9-8-14-5-2-3-6-15(14)11-16/h2-3,5-6,8-9,11,13,17H,4,7,10,12H2,1H3,(H,19,20). The van der Waals surface area contributed by atoms with Gasteiger partial charge < -0.3 is 14.8 Å². The first-order chi connectivity index (χ1) is 10.7. The quantitative estimate of drug-likeness (QED) is 0.923. The van der Waals surface area contributed by atoms with Gasteiger partial charge >= 0.3 is 0 Å². The van der Waals surface area contributed by atoms with Crippen LogP contribution in [0.1, 0.15) is 19.8 Å². The van der Waals surface area contributed by atoms with E-state index in [0.29, 0.717) is 12.3 Å². The Labute approximate surface area is 130 Å². The monoisotopic (exact) mass is 299 g/mol. The number of benzene rings is 2. The Morgan fingerprint density at radius 1 is 1.32 bits per heavy atom. The minimum Gasteiger partial charge on any atom is -0.481 e. The van der Waals surface area contributed by atoms with Crippen LogP contribution < -0.4 is 10.1 Å². The second kappa shape index (κ2) is 6.79. The summed E-state index contributed by atoms with van der Waals surface area (Å²) < 4.78 is 11.2. The first kappa shape index (κ1) is 14.9. The average Bonchev–Trinajstić information content (AvgIpc) is 3.06. The lowest BCUT2D eigenvalue weighted by atomic mass is 10.1. The summed E-state index contributed by atoms with van der Waals surface area (Å²) in [5.74, 6) is 0.599. The number of rotatable bonds is 5. The van der Waals surface area contributed by atoms with Gasteiger partial charge in [-0.15, -0.1) is 0 Å². The van der Waals surface area contributed by atoms with E-state index < -0.39 is 6.10 Å². The van der Waals surface area contributed by atoms with Crippen LogP contribution in [0.15, 0.2) is 42.5 Å². The highest BCUT2D eigenvalue weighted by Crippen LogP contribution is 2.21. The van der Waals surface area contributed by atoms with E-state index in [1.165, 1.54) is 0 Å². The van der Waals surface area contributed by atoms with Crippen molar-refractivity contribution in [2.45, 2.75) is 32.0 Å². The van der Waals surface area contributed by atoms with Crippen molar-refractivity contribution in [1.82, 2.24) is 5.32 Å². The Hall–Kier alpha value is -2.07. The maximum atomic E-state index is 12.1. The molecule has 2 atom stereocenters. The van der Waals surface area contributed by atoms with Crippen LogP contribution in [0.5, 0.6) is 5.75 Å². The number of amides is 1. The summed E-state index contributed by atoms with van der Waals surface area (Å²) in [6.07, 6.45) is 1.71. The van der Waals surface area contributed by atoms with Crippen LogP contribution >= 0.6 is 0 Å². The lowest BCUT2D eigenvalue weighted by Crippen LogP contribution is -2.40. The van der Waals surface area contributed by atoms with Crippen LogP contribution in [0, 0.1) is 0 Å². The van der Waals surface area contributed by atoms with E-state index in [4.69, 9.17) is 9.47 Å². The minimum atomic E-state index is -0.525. The Kier molecular flexibility index (Phi) is 4.59. The van der Waals surface area contributed by atoms with E-state index in [9.17, 15) is 4.79 Å². The van der Waals surface area contributed by atoms with Gasteiger partial charge in [0.05, 0.1) is 6.10 Å². The normalized spacial score (nSPS) is 19.0. The molecule has 1 amide bonds. The number of hydrogen-bond acceptors (Lipinski definition) is 3. The molecule has 4 heteroatoms. The van der Waals surface area contributed by atoms with Crippen LogP contribution in [0.4, 0.5) is 0 Å². The molecule has 2 aromatic rings. The fourth-order valence-corrected chi connectivity index (χ4v) is 2.66. The van der Waals surface area contributed by atoms with Gasteiger partial charge in [-0.25, -0.2) is 0 Å². The highest BCUT2D eigenvalue weighted by atomic mass is 16.5. The van der Waals surface area contributed by atoms with Crippen molar-refractivity contribution >= 4 is 16.7 Å². The zero-order valence-corrected chi connectivity index (χ0v) is 12.7. The second-order valence-electron chi connectivity index (χ2n) is 5.65. The Bertz CT molecular complexity index is 650. The molecule has 0 bridgehead atoms. The van der Waals surface area contributed by atoms with E-state index in [2.05, 4.69) is 11.4 Å². The molecule has 0 spiro atoms. The van der Waals surface area contributed by atoms with Gasteiger partial charge in [0.15, 0.2) is 6.10 Å². The summed E-state index contributed by atoms with van der Waals surface area (Å²) in [5, 5.41) is 5.15. The molecule has 22 heavy (non-hydrogen) atoms. The summed E-state index contributed by atoms with van der Waals surface area (Å²) >= 11 is 0. The molecule has 1 fully saturated rings. The smallest absolute Gasteiger partial charge is 0.260 e. The van der Waals surface area contributed by atoms with E-state index in [1.807, 2.05) is 36.4 Å². The van der Waals surface area contributed by atoms with Gasteiger partial charge in [-0.05, 0) is 42.7 Å². The summed E-state index contributed by atoms with van der Waals surface area (Å²) in [5.41, 5.74) is 0. The fourth-order valence-electron chi connectivity index (χ4n) is 2.66. The minimum absolute atomic E-state index is 0.108. The maximum Gasteiger partial charge on any atom is 0.260 e. The molecule has 1 aliphatic heterocycles. The van der Waals surface area contributed by atoms with Crippen molar-refractivity contribution in [2.24, 2.45) is 0 Å². The largest absolute Gasteiger partial charge is 0.481 e. The summed E-state index contributed by atoms with van der Waals surface area (Å²) in [6.45, 7) is 3.12. The predicted molar refractivity (Wildman–Crippen MR) is 86.0 cm³/mol. The average molecular weight is 299 g/mol. The number of carbonyl (C=O) groups is 1. The molecule has 0 radical (unpaired) electrons. The first-order valence-electron chi connectivity index (χ1n) is 7.77. The molecule has 1 aliphatic rings. The topological polar surface area (TPSA) is 47.6 Å². The fraction of sp³-hybridized carbons (Fsp3) is 0.389. The first-order valence-corrected chi connectivity index (χ1v) is 7.77. The van der Waals surface area contributed by atoms with E-state index in [-0.39, 0.29) is 12.0 Å². The highest BCUT2D eigenvalue weighted by Gasteiger charge is 2.19. The van der Waals surface area contributed by atoms with E-state index in [1.54, 1.807) is 6.92 Å². The van der Waals surface area contributed by atoms with Gasteiger partial charge in [-0.1, -0.05) is 30.3 Å². The third-order valence-electron chi connectivity index (χ3n) is 3.93. The molecule has 1 saturated heterocycles. The number of ether oxygens (including phenoxy) is 2. The van der Waals surface area contributed by atoms with Crippen molar-refractivity contribution in [3.8, 4) is 5.75 Å². The van der Waals surface area contributed by atoms with Gasteiger partial charge in [-0.2, -0.15) is 0 Å². The number of hydrogen-bond donors (Lipinski definition) is 1. The number of carbonyl (C=O) groups excluding carboxylic acids is 1. The molecule has 1 N–H and O–H groups in total. The molecule has 0 aliphatic carbocycles. The zero-order chi connectivity index (χ0) is 15.4. The van der Waals surface area contributed by atoms with E-state index in [0.717, 1.165) is 30.2 Å². The second-order valence-corrected chi connectivity index (χ2v) is 5.65. The van der Waals surface area contributed by atoms with Crippen LogP contribution in [-0.2, 0) is 9.53 Å². The Morgan fingerprint density at radius 2 is 2.14 bits per heavy atom. The van der Waals surface area contributed by atoms with Gasteiger partial charge in [-0.3, -0.25) is 4.79 Å². The molecule has 2 unspecified atom stereocenters. The van der Waals surface area contributed by atoms with Gasteiger partial charge in [0.2, 0.25) is 0 Å². The van der Waals surface area contributed by atoms with Crippen molar-refractivity contribution in [3.05, 3.63) is 42.5 Å². The van der Waals surface area contributed by atoms with Gasteiger partial charge in [0, 0.05) is 13.2 Å². The molecule has 116 valence electrons.